The number of nitrogens with zero attached hydrogens (tertiary/aromatic N) is 2. The molecule has 0 atom stereocenters. The maximum atomic E-state index is 12.8. The summed E-state index contributed by atoms with van der Waals surface area (Å²) in [6, 6.07) is 9.77. The summed E-state index contributed by atoms with van der Waals surface area (Å²) in [4.78, 5) is 4.43. The predicted octanol–water partition coefficient (Wildman–Crippen LogP) is 4.28. The summed E-state index contributed by atoms with van der Waals surface area (Å²) in [5, 5.41) is 0. The lowest BCUT2D eigenvalue weighted by Crippen LogP contribution is -1.94. The number of anilines is 1. The molecule has 6 heteroatoms. The molecule has 20 heavy (non-hydrogen) atoms. The van der Waals surface area contributed by atoms with Gasteiger partial charge < -0.3 is 5.73 Å². The Hall–Kier alpha value is -1.95. The molecular formula is C14H10BrF2N3. The molecule has 2 N–H and O–H groups in total. The molecule has 3 rings (SSSR count). The summed E-state index contributed by atoms with van der Waals surface area (Å²) in [5.74, 6) is 0.424. The van der Waals surface area contributed by atoms with Crippen LogP contribution in [0.15, 0.2) is 47.1 Å². The van der Waals surface area contributed by atoms with Crippen LogP contribution in [0.3, 0.4) is 0 Å². The molecule has 0 bridgehead atoms. The second-order valence-corrected chi connectivity index (χ2v) is 5.18. The lowest BCUT2D eigenvalue weighted by Gasteiger charge is -2.03. The van der Waals surface area contributed by atoms with Crippen molar-refractivity contribution in [2.45, 2.75) is 6.43 Å². The van der Waals surface area contributed by atoms with Gasteiger partial charge in [0.1, 0.15) is 11.5 Å². The molecule has 0 aliphatic heterocycles. The van der Waals surface area contributed by atoms with Crippen LogP contribution in [0.1, 0.15) is 12.0 Å². The van der Waals surface area contributed by atoms with Crippen LogP contribution in [-0.4, -0.2) is 9.38 Å². The Balaban J connectivity index is 2.22. The van der Waals surface area contributed by atoms with Gasteiger partial charge in [0.2, 0.25) is 0 Å². The van der Waals surface area contributed by atoms with Crippen molar-refractivity contribution in [3.8, 4) is 11.3 Å². The number of imidazole rings is 1. The second kappa shape index (κ2) is 4.86. The minimum atomic E-state index is -2.51. The van der Waals surface area contributed by atoms with E-state index in [0.717, 1.165) is 4.47 Å². The van der Waals surface area contributed by atoms with Gasteiger partial charge in [0.25, 0.3) is 6.43 Å². The first-order valence-corrected chi connectivity index (χ1v) is 6.68. The molecular weight excluding hydrogens is 328 g/mol. The molecule has 3 nitrogen and oxygen atoms in total. The molecule has 1 aromatic carbocycles. The Morgan fingerprint density at radius 2 is 2.00 bits per heavy atom. The fraction of sp³-hybridized carbons (Fsp3) is 0.0714. The van der Waals surface area contributed by atoms with Crippen molar-refractivity contribution in [3.05, 3.63) is 52.6 Å². The van der Waals surface area contributed by atoms with E-state index in [1.54, 1.807) is 22.7 Å². The van der Waals surface area contributed by atoms with Crippen LogP contribution in [0.4, 0.5) is 14.6 Å². The molecule has 2 aromatic heterocycles. The second-order valence-electron chi connectivity index (χ2n) is 4.32. The topological polar surface area (TPSA) is 43.3 Å². The van der Waals surface area contributed by atoms with Crippen LogP contribution < -0.4 is 5.73 Å². The van der Waals surface area contributed by atoms with Crippen molar-refractivity contribution in [2.75, 3.05) is 5.73 Å². The standard InChI is InChI=1S/C14H10BrF2N3/c15-10-5-2-6-20-13(18)11(19-14(10)20)8-3-1-4-9(7-8)12(16)17/h1-7,12H,18H2. The summed E-state index contributed by atoms with van der Waals surface area (Å²) in [5.41, 5.74) is 7.75. The Kier molecular flexibility index (Phi) is 3.17. The molecule has 102 valence electrons. The van der Waals surface area contributed by atoms with Gasteiger partial charge in [-0.3, -0.25) is 4.40 Å². The van der Waals surface area contributed by atoms with Gasteiger partial charge in [0.05, 0.1) is 4.47 Å². The van der Waals surface area contributed by atoms with Crippen LogP contribution in [0.2, 0.25) is 0 Å². The number of benzene rings is 1. The SMILES string of the molecule is Nc1c(-c2cccc(C(F)F)c2)nc2c(Br)cccn12. The zero-order valence-electron chi connectivity index (χ0n) is 10.2. The van der Waals surface area contributed by atoms with Gasteiger partial charge >= 0.3 is 0 Å². The zero-order valence-corrected chi connectivity index (χ0v) is 11.8. The summed E-state index contributed by atoms with van der Waals surface area (Å²) in [7, 11) is 0. The van der Waals surface area contributed by atoms with E-state index in [0.29, 0.717) is 22.7 Å². The lowest BCUT2D eigenvalue weighted by molar-refractivity contribution is 0.151. The molecule has 3 aromatic rings. The van der Waals surface area contributed by atoms with E-state index in [9.17, 15) is 8.78 Å². The summed E-state index contributed by atoms with van der Waals surface area (Å²) < 4.78 is 28.0. The molecule has 0 saturated heterocycles. The van der Waals surface area contributed by atoms with E-state index in [4.69, 9.17) is 5.73 Å². The van der Waals surface area contributed by atoms with Crippen molar-refractivity contribution in [1.82, 2.24) is 9.38 Å². The molecule has 0 saturated carbocycles. The zero-order chi connectivity index (χ0) is 14.3. The average molecular weight is 338 g/mol. The summed E-state index contributed by atoms with van der Waals surface area (Å²) in [6.07, 6.45) is -0.733. The minimum absolute atomic E-state index is 0.0435. The number of pyridine rings is 1. The predicted molar refractivity (Wildman–Crippen MR) is 77.7 cm³/mol. The van der Waals surface area contributed by atoms with Crippen molar-refractivity contribution in [1.29, 1.82) is 0 Å². The van der Waals surface area contributed by atoms with E-state index in [1.807, 2.05) is 12.1 Å². The van der Waals surface area contributed by atoms with Gasteiger partial charge in [0.15, 0.2) is 5.65 Å². The average Bonchev–Trinajstić information content (AvgIpc) is 2.78. The number of fused-ring (bicyclic) bond motifs is 1. The highest BCUT2D eigenvalue weighted by Crippen LogP contribution is 2.31. The van der Waals surface area contributed by atoms with Crippen LogP contribution >= 0.6 is 15.9 Å². The van der Waals surface area contributed by atoms with Gasteiger partial charge in [-0.1, -0.05) is 18.2 Å². The number of hydrogen-bond donors (Lipinski definition) is 1. The number of nitrogen functional groups attached to an aromatic ring is 1. The number of halogens is 3. The van der Waals surface area contributed by atoms with E-state index in [2.05, 4.69) is 20.9 Å². The van der Waals surface area contributed by atoms with E-state index < -0.39 is 6.43 Å². The maximum absolute atomic E-state index is 12.8. The van der Waals surface area contributed by atoms with E-state index >= 15 is 0 Å². The van der Waals surface area contributed by atoms with Gasteiger partial charge in [-0.15, -0.1) is 0 Å². The highest BCUT2D eigenvalue weighted by molar-refractivity contribution is 9.10. The monoisotopic (exact) mass is 337 g/mol. The molecule has 0 radical (unpaired) electrons. The van der Waals surface area contributed by atoms with E-state index in [-0.39, 0.29) is 5.56 Å². The van der Waals surface area contributed by atoms with Crippen molar-refractivity contribution in [3.63, 3.8) is 0 Å². The Labute approximate surface area is 122 Å². The first kappa shape index (κ1) is 13.1. The van der Waals surface area contributed by atoms with Gasteiger partial charge in [-0.2, -0.15) is 0 Å². The third kappa shape index (κ3) is 2.06. The lowest BCUT2D eigenvalue weighted by atomic mass is 10.1. The van der Waals surface area contributed by atoms with E-state index in [1.165, 1.54) is 12.1 Å². The summed E-state index contributed by atoms with van der Waals surface area (Å²) in [6.45, 7) is 0. The fourth-order valence-corrected chi connectivity index (χ4v) is 2.52. The third-order valence-corrected chi connectivity index (χ3v) is 3.67. The molecule has 0 spiro atoms. The number of hydrogen-bond acceptors (Lipinski definition) is 2. The number of alkyl halides is 2. The first-order chi connectivity index (χ1) is 9.58. The fourth-order valence-electron chi connectivity index (χ4n) is 2.09. The molecule has 0 unspecified atom stereocenters. The quantitative estimate of drug-likeness (QED) is 0.758. The molecule has 0 fully saturated rings. The van der Waals surface area contributed by atoms with Crippen molar-refractivity contribution < 1.29 is 8.78 Å². The minimum Gasteiger partial charge on any atom is -0.383 e. The van der Waals surface area contributed by atoms with Crippen LogP contribution in [0.5, 0.6) is 0 Å². The van der Waals surface area contributed by atoms with Gasteiger partial charge in [-0.25, -0.2) is 13.8 Å². The molecule has 2 heterocycles. The Morgan fingerprint density at radius 1 is 1.20 bits per heavy atom. The number of rotatable bonds is 2. The molecule has 0 aliphatic rings. The first-order valence-electron chi connectivity index (χ1n) is 5.88. The highest BCUT2D eigenvalue weighted by Gasteiger charge is 2.15. The van der Waals surface area contributed by atoms with Crippen LogP contribution in [0, 0.1) is 0 Å². The summed E-state index contributed by atoms with van der Waals surface area (Å²) >= 11 is 3.40. The van der Waals surface area contributed by atoms with Crippen molar-refractivity contribution >= 4 is 27.4 Å². The van der Waals surface area contributed by atoms with Crippen LogP contribution in [0.25, 0.3) is 16.9 Å². The highest BCUT2D eigenvalue weighted by atomic mass is 79.9. The number of nitrogens with two attached hydrogens (primary N) is 1. The van der Waals surface area contributed by atoms with Crippen LogP contribution in [-0.2, 0) is 0 Å². The molecule has 0 amide bonds. The van der Waals surface area contributed by atoms with Gasteiger partial charge in [0, 0.05) is 17.3 Å². The smallest absolute Gasteiger partial charge is 0.263 e. The van der Waals surface area contributed by atoms with Gasteiger partial charge in [-0.05, 0) is 34.1 Å². The van der Waals surface area contributed by atoms with Crippen molar-refractivity contribution in [2.24, 2.45) is 0 Å². The Morgan fingerprint density at radius 3 is 2.70 bits per heavy atom. The third-order valence-electron chi connectivity index (χ3n) is 3.05. The molecule has 0 aliphatic carbocycles. The Bertz CT molecular complexity index is 783. The maximum Gasteiger partial charge on any atom is 0.263 e. The number of aromatic nitrogens is 2. The largest absolute Gasteiger partial charge is 0.383 e. The normalized spacial score (nSPS) is 11.4.